The van der Waals surface area contributed by atoms with Crippen LogP contribution in [0, 0.1) is 0 Å². The molecule has 0 aliphatic carbocycles. The van der Waals surface area contributed by atoms with Crippen molar-refractivity contribution in [3.05, 3.63) is 34.9 Å². The van der Waals surface area contributed by atoms with Crippen molar-refractivity contribution in [3.63, 3.8) is 0 Å². The predicted octanol–water partition coefficient (Wildman–Crippen LogP) is 3.56. The Kier molecular flexibility index (Phi) is 3.76. The maximum atomic E-state index is 5.97. The molecule has 1 aliphatic heterocycles. The molecule has 0 saturated carbocycles. The maximum absolute atomic E-state index is 5.97. The van der Waals surface area contributed by atoms with Crippen LogP contribution in [0.3, 0.4) is 0 Å². The summed E-state index contributed by atoms with van der Waals surface area (Å²) >= 11 is 5.91. The summed E-state index contributed by atoms with van der Waals surface area (Å²) < 4.78 is 5.97. The monoisotopic (exact) mass is 253 g/mol. The minimum absolute atomic E-state index is 0.106. The summed E-state index contributed by atoms with van der Waals surface area (Å²) in [5.41, 5.74) is 1.33. The van der Waals surface area contributed by atoms with E-state index in [1.165, 1.54) is 5.56 Å². The lowest BCUT2D eigenvalue weighted by atomic mass is 9.98. The van der Waals surface area contributed by atoms with Gasteiger partial charge in [-0.3, -0.25) is 0 Å². The number of hydrogen-bond acceptors (Lipinski definition) is 2. The molecule has 1 N–H and O–H groups in total. The van der Waals surface area contributed by atoms with Gasteiger partial charge in [-0.05, 0) is 44.9 Å². The zero-order chi connectivity index (χ0) is 12.5. The van der Waals surface area contributed by atoms with Crippen molar-refractivity contribution in [2.75, 3.05) is 6.61 Å². The van der Waals surface area contributed by atoms with E-state index >= 15 is 0 Å². The lowest BCUT2D eigenvalue weighted by Crippen LogP contribution is -2.45. The van der Waals surface area contributed by atoms with Gasteiger partial charge >= 0.3 is 0 Å². The molecule has 94 valence electrons. The van der Waals surface area contributed by atoms with E-state index in [9.17, 15) is 0 Å². The summed E-state index contributed by atoms with van der Waals surface area (Å²) in [7, 11) is 0. The normalized spacial score (nSPS) is 28.7. The SMILES string of the molecule is CC1NC(C)(C)CCOC1c1ccc(Cl)cc1. The first-order valence-electron chi connectivity index (χ1n) is 6.13. The van der Waals surface area contributed by atoms with E-state index in [4.69, 9.17) is 16.3 Å². The highest BCUT2D eigenvalue weighted by atomic mass is 35.5. The number of nitrogens with one attached hydrogen (secondary N) is 1. The molecule has 1 fully saturated rings. The van der Waals surface area contributed by atoms with E-state index in [-0.39, 0.29) is 11.6 Å². The fraction of sp³-hybridized carbons (Fsp3) is 0.571. The standard InChI is InChI=1S/C14H20ClNO/c1-10-13(11-4-6-12(15)7-5-11)17-9-8-14(2,3)16-10/h4-7,10,13,16H,8-9H2,1-3H3. The van der Waals surface area contributed by atoms with Crippen LogP contribution in [0.4, 0.5) is 0 Å². The van der Waals surface area contributed by atoms with Crippen LogP contribution in [0.2, 0.25) is 5.02 Å². The van der Waals surface area contributed by atoms with Crippen LogP contribution in [0.5, 0.6) is 0 Å². The van der Waals surface area contributed by atoms with Crippen molar-refractivity contribution >= 4 is 11.6 Å². The van der Waals surface area contributed by atoms with Crippen LogP contribution in [0.15, 0.2) is 24.3 Å². The van der Waals surface area contributed by atoms with Crippen molar-refractivity contribution in [2.24, 2.45) is 0 Å². The van der Waals surface area contributed by atoms with Crippen LogP contribution < -0.4 is 5.32 Å². The molecule has 1 aromatic carbocycles. The summed E-state index contributed by atoms with van der Waals surface area (Å²) in [4.78, 5) is 0. The molecule has 2 atom stereocenters. The quantitative estimate of drug-likeness (QED) is 0.826. The molecular weight excluding hydrogens is 234 g/mol. The van der Waals surface area contributed by atoms with Crippen molar-refractivity contribution in [1.29, 1.82) is 0 Å². The highest BCUT2D eigenvalue weighted by molar-refractivity contribution is 6.30. The fourth-order valence-corrected chi connectivity index (χ4v) is 2.51. The van der Waals surface area contributed by atoms with Gasteiger partial charge in [0, 0.05) is 23.2 Å². The topological polar surface area (TPSA) is 21.3 Å². The minimum atomic E-state index is 0.106. The molecule has 0 bridgehead atoms. The van der Waals surface area contributed by atoms with Gasteiger partial charge in [-0.15, -0.1) is 0 Å². The molecule has 0 aromatic heterocycles. The zero-order valence-electron chi connectivity index (χ0n) is 10.7. The number of benzene rings is 1. The van der Waals surface area contributed by atoms with Crippen molar-refractivity contribution in [3.8, 4) is 0 Å². The molecular formula is C14H20ClNO. The Bertz CT molecular complexity index is 374. The van der Waals surface area contributed by atoms with E-state index in [0.717, 1.165) is 18.1 Å². The molecule has 17 heavy (non-hydrogen) atoms. The molecule has 0 amide bonds. The summed E-state index contributed by atoms with van der Waals surface area (Å²) in [5, 5.41) is 4.39. The largest absolute Gasteiger partial charge is 0.372 e. The second-order valence-electron chi connectivity index (χ2n) is 5.41. The summed E-state index contributed by atoms with van der Waals surface area (Å²) in [6.07, 6.45) is 1.13. The lowest BCUT2D eigenvalue weighted by molar-refractivity contribution is 0.0460. The Balaban J connectivity index is 2.18. The van der Waals surface area contributed by atoms with Crippen LogP contribution in [-0.2, 0) is 4.74 Å². The van der Waals surface area contributed by atoms with Gasteiger partial charge in [0.05, 0.1) is 6.10 Å². The van der Waals surface area contributed by atoms with Crippen LogP contribution in [0.1, 0.15) is 38.9 Å². The van der Waals surface area contributed by atoms with Gasteiger partial charge in [0.1, 0.15) is 0 Å². The molecule has 1 aromatic rings. The molecule has 1 aliphatic rings. The van der Waals surface area contributed by atoms with Crippen LogP contribution >= 0.6 is 11.6 Å². The summed E-state index contributed by atoms with van der Waals surface area (Å²) in [6.45, 7) is 7.40. The Morgan fingerprint density at radius 2 is 1.94 bits per heavy atom. The highest BCUT2D eigenvalue weighted by Gasteiger charge is 2.30. The Hall–Kier alpha value is -0.570. The number of rotatable bonds is 1. The van der Waals surface area contributed by atoms with E-state index in [1.807, 2.05) is 24.3 Å². The molecule has 2 nitrogen and oxygen atoms in total. The molecule has 0 radical (unpaired) electrons. The zero-order valence-corrected chi connectivity index (χ0v) is 11.4. The average molecular weight is 254 g/mol. The van der Waals surface area contributed by atoms with E-state index < -0.39 is 0 Å². The van der Waals surface area contributed by atoms with Gasteiger partial charge < -0.3 is 10.1 Å². The molecule has 3 heteroatoms. The first-order valence-corrected chi connectivity index (χ1v) is 6.50. The molecule has 1 heterocycles. The minimum Gasteiger partial charge on any atom is -0.372 e. The third kappa shape index (κ3) is 3.21. The van der Waals surface area contributed by atoms with Gasteiger partial charge in [0.25, 0.3) is 0 Å². The first kappa shape index (κ1) is 12.9. The fourth-order valence-electron chi connectivity index (χ4n) is 2.39. The maximum Gasteiger partial charge on any atom is 0.0975 e. The smallest absolute Gasteiger partial charge is 0.0975 e. The van der Waals surface area contributed by atoms with Crippen LogP contribution in [0.25, 0.3) is 0 Å². The van der Waals surface area contributed by atoms with E-state index in [1.54, 1.807) is 0 Å². The Labute approximate surface area is 108 Å². The third-order valence-electron chi connectivity index (χ3n) is 3.30. The average Bonchev–Trinajstić information content (AvgIpc) is 2.37. The summed E-state index contributed by atoms with van der Waals surface area (Å²) in [6, 6.07) is 8.23. The van der Waals surface area contributed by atoms with Gasteiger partial charge in [-0.1, -0.05) is 23.7 Å². The second-order valence-corrected chi connectivity index (χ2v) is 5.85. The molecule has 2 rings (SSSR count). The van der Waals surface area contributed by atoms with Gasteiger partial charge in [-0.2, -0.15) is 0 Å². The Morgan fingerprint density at radius 3 is 2.59 bits per heavy atom. The van der Waals surface area contributed by atoms with Gasteiger partial charge in [0.2, 0.25) is 0 Å². The molecule has 1 saturated heterocycles. The lowest BCUT2D eigenvalue weighted by Gasteiger charge is -2.29. The van der Waals surface area contributed by atoms with Gasteiger partial charge in [0.15, 0.2) is 0 Å². The molecule has 0 spiro atoms. The van der Waals surface area contributed by atoms with Crippen LogP contribution in [-0.4, -0.2) is 18.2 Å². The number of ether oxygens (including phenoxy) is 1. The summed E-state index contributed by atoms with van der Waals surface area (Å²) in [5.74, 6) is 0. The van der Waals surface area contributed by atoms with Crippen molar-refractivity contribution in [2.45, 2.75) is 44.9 Å². The third-order valence-corrected chi connectivity index (χ3v) is 3.55. The molecule has 2 unspecified atom stereocenters. The first-order chi connectivity index (χ1) is 7.98. The van der Waals surface area contributed by atoms with E-state index in [2.05, 4.69) is 26.1 Å². The van der Waals surface area contributed by atoms with Gasteiger partial charge in [-0.25, -0.2) is 0 Å². The number of halogens is 1. The highest BCUT2D eigenvalue weighted by Crippen LogP contribution is 2.28. The van der Waals surface area contributed by atoms with Crippen molar-refractivity contribution in [1.82, 2.24) is 5.32 Å². The van der Waals surface area contributed by atoms with E-state index in [0.29, 0.717) is 6.04 Å². The van der Waals surface area contributed by atoms with Crippen molar-refractivity contribution < 1.29 is 4.74 Å². The number of hydrogen-bond donors (Lipinski definition) is 1. The Morgan fingerprint density at radius 1 is 1.29 bits per heavy atom. The predicted molar refractivity (Wildman–Crippen MR) is 71.4 cm³/mol. The second kappa shape index (κ2) is 4.97.